The van der Waals surface area contributed by atoms with Gasteiger partial charge in [0.25, 0.3) is 0 Å². The van der Waals surface area contributed by atoms with Gasteiger partial charge in [0.2, 0.25) is 5.24 Å². The maximum atomic E-state index is 12.6. The van der Waals surface area contributed by atoms with E-state index in [2.05, 4.69) is 0 Å². The Morgan fingerprint density at radius 3 is 2.29 bits per heavy atom. The molecule has 0 aromatic heterocycles. The van der Waals surface area contributed by atoms with Crippen molar-refractivity contribution in [1.29, 1.82) is 0 Å². The van der Waals surface area contributed by atoms with Crippen molar-refractivity contribution in [3.05, 3.63) is 35.6 Å². The summed E-state index contributed by atoms with van der Waals surface area (Å²) in [6.45, 7) is 3.81. The van der Waals surface area contributed by atoms with Crippen molar-refractivity contribution in [1.82, 2.24) is 0 Å². The molecule has 0 heterocycles. The number of rotatable bonds is 3. The van der Waals surface area contributed by atoms with Gasteiger partial charge in [-0.3, -0.25) is 4.79 Å². The summed E-state index contributed by atoms with van der Waals surface area (Å²) in [6, 6.07) is 6.12. The lowest BCUT2D eigenvalue weighted by atomic mass is 9.82. The second kappa shape index (κ2) is 4.09. The van der Waals surface area contributed by atoms with E-state index in [1.54, 1.807) is 12.1 Å². The van der Waals surface area contributed by atoms with E-state index in [9.17, 15) is 9.18 Å². The molecule has 0 saturated heterocycles. The van der Waals surface area contributed by atoms with Crippen LogP contribution in [0.1, 0.15) is 25.8 Å². The SMILES string of the molecule is CC(C)(CC(=O)Cl)c1ccc(F)cc1. The van der Waals surface area contributed by atoms with Crippen LogP contribution in [0.4, 0.5) is 4.39 Å². The summed E-state index contributed by atoms with van der Waals surface area (Å²) in [4.78, 5) is 10.8. The van der Waals surface area contributed by atoms with Crippen LogP contribution in [-0.4, -0.2) is 5.24 Å². The highest BCUT2D eigenvalue weighted by atomic mass is 35.5. The maximum Gasteiger partial charge on any atom is 0.222 e. The number of halogens is 2. The monoisotopic (exact) mass is 214 g/mol. The molecule has 1 aromatic carbocycles. The zero-order chi connectivity index (χ0) is 10.8. The Kier molecular flexibility index (Phi) is 3.27. The largest absolute Gasteiger partial charge is 0.281 e. The lowest BCUT2D eigenvalue weighted by Gasteiger charge is -2.23. The van der Waals surface area contributed by atoms with Gasteiger partial charge in [-0.25, -0.2) is 4.39 Å². The summed E-state index contributed by atoms with van der Waals surface area (Å²) >= 11 is 5.33. The zero-order valence-electron chi connectivity index (χ0n) is 8.18. The molecular formula is C11H12ClFO. The number of hydrogen-bond acceptors (Lipinski definition) is 1. The molecule has 0 bridgehead atoms. The van der Waals surface area contributed by atoms with Gasteiger partial charge in [0.15, 0.2) is 0 Å². The summed E-state index contributed by atoms with van der Waals surface area (Å²) in [5.74, 6) is -0.276. The second-order valence-corrected chi connectivity index (χ2v) is 4.34. The third-order valence-corrected chi connectivity index (χ3v) is 2.34. The van der Waals surface area contributed by atoms with Gasteiger partial charge in [0.1, 0.15) is 5.82 Å². The van der Waals surface area contributed by atoms with Gasteiger partial charge in [-0.05, 0) is 34.7 Å². The van der Waals surface area contributed by atoms with E-state index in [-0.39, 0.29) is 22.9 Å². The minimum absolute atomic E-state index is 0.250. The molecule has 0 spiro atoms. The molecule has 0 amide bonds. The second-order valence-electron chi connectivity index (χ2n) is 3.92. The molecule has 76 valence electrons. The molecule has 0 aliphatic heterocycles. The Balaban J connectivity index is 2.91. The van der Waals surface area contributed by atoms with Crippen molar-refractivity contribution in [2.75, 3.05) is 0 Å². The first-order valence-electron chi connectivity index (χ1n) is 4.36. The molecule has 1 nitrogen and oxygen atoms in total. The van der Waals surface area contributed by atoms with Crippen LogP contribution < -0.4 is 0 Å². The van der Waals surface area contributed by atoms with Crippen LogP contribution in [0.25, 0.3) is 0 Å². The molecule has 0 aliphatic rings. The van der Waals surface area contributed by atoms with Gasteiger partial charge in [0.05, 0.1) is 0 Å². The molecule has 0 saturated carbocycles. The Morgan fingerprint density at radius 1 is 1.36 bits per heavy atom. The van der Waals surface area contributed by atoms with E-state index < -0.39 is 0 Å². The van der Waals surface area contributed by atoms with Crippen LogP contribution >= 0.6 is 11.6 Å². The van der Waals surface area contributed by atoms with E-state index in [0.29, 0.717) is 0 Å². The predicted molar refractivity (Wildman–Crippen MR) is 54.9 cm³/mol. The van der Waals surface area contributed by atoms with E-state index in [4.69, 9.17) is 11.6 Å². The fraction of sp³-hybridized carbons (Fsp3) is 0.364. The minimum atomic E-state index is -0.376. The highest BCUT2D eigenvalue weighted by Gasteiger charge is 2.23. The standard InChI is InChI=1S/C11H12ClFO/c1-11(2,7-10(12)14)8-3-5-9(13)6-4-8/h3-6H,7H2,1-2H3. The highest BCUT2D eigenvalue weighted by Crippen LogP contribution is 2.27. The van der Waals surface area contributed by atoms with Crippen molar-refractivity contribution < 1.29 is 9.18 Å². The Morgan fingerprint density at radius 2 is 1.86 bits per heavy atom. The first-order chi connectivity index (χ1) is 6.42. The average molecular weight is 215 g/mol. The predicted octanol–water partition coefficient (Wildman–Crippen LogP) is 3.26. The highest BCUT2D eigenvalue weighted by molar-refractivity contribution is 6.63. The van der Waals surface area contributed by atoms with Gasteiger partial charge in [0, 0.05) is 6.42 Å². The first kappa shape index (κ1) is 11.2. The van der Waals surface area contributed by atoms with Gasteiger partial charge in [-0.1, -0.05) is 26.0 Å². The van der Waals surface area contributed by atoms with Crippen LogP contribution in [0.3, 0.4) is 0 Å². The summed E-state index contributed by atoms with van der Waals surface area (Å²) in [7, 11) is 0. The minimum Gasteiger partial charge on any atom is -0.281 e. The number of benzene rings is 1. The van der Waals surface area contributed by atoms with Crippen LogP contribution in [-0.2, 0) is 10.2 Å². The summed E-state index contributed by atoms with van der Waals surface area (Å²) in [5.41, 5.74) is 0.569. The van der Waals surface area contributed by atoms with Crippen LogP contribution in [0, 0.1) is 5.82 Å². The molecule has 3 heteroatoms. The summed E-state index contributed by atoms with van der Waals surface area (Å²) in [5, 5.41) is -0.376. The average Bonchev–Trinajstić information content (AvgIpc) is 2.02. The summed E-state index contributed by atoms with van der Waals surface area (Å²) < 4.78 is 12.6. The fourth-order valence-corrected chi connectivity index (χ4v) is 1.68. The number of carbonyl (C=O) groups is 1. The molecule has 1 aromatic rings. The molecule has 1 rings (SSSR count). The molecule has 0 radical (unpaired) electrons. The van der Waals surface area contributed by atoms with Gasteiger partial charge in [-0.15, -0.1) is 0 Å². The van der Waals surface area contributed by atoms with Crippen molar-refractivity contribution in [2.24, 2.45) is 0 Å². The topological polar surface area (TPSA) is 17.1 Å². The van der Waals surface area contributed by atoms with Crippen molar-refractivity contribution in [3.8, 4) is 0 Å². The smallest absolute Gasteiger partial charge is 0.222 e. The molecular weight excluding hydrogens is 203 g/mol. The van der Waals surface area contributed by atoms with Crippen molar-refractivity contribution in [2.45, 2.75) is 25.7 Å². The molecule has 0 unspecified atom stereocenters. The summed E-state index contributed by atoms with van der Waals surface area (Å²) in [6.07, 6.45) is 0.250. The van der Waals surface area contributed by atoms with Gasteiger partial charge >= 0.3 is 0 Å². The van der Waals surface area contributed by atoms with Crippen LogP contribution in [0.15, 0.2) is 24.3 Å². The molecule has 0 atom stereocenters. The zero-order valence-corrected chi connectivity index (χ0v) is 8.94. The number of hydrogen-bond donors (Lipinski definition) is 0. The maximum absolute atomic E-state index is 12.6. The third kappa shape index (κ3) is 2.81. The number of carbonyl (C=O) groups excluding carboxylic acids is 1. The van der Waals surface area contributed by atoms with Gasteiger partial charge in [-0.2, -0.15) is 0 Å². The Hall–Kier alpha value is -0.890. The Bertz CT molecular complexity index is 330. The van der Waals surface area contributed by atoms with Crippen LogP contribution in [0.5, 0.6) is 0 Å². The van der Waals surface area contributed by atoms with Crippen molar-refractivity contribution in [3.63, 3.8) is 0 Å². The molecule has 0 fully saturated rings. The lowest BCUT2D eigenvalue weighted by molar-refractivity contribution is -0.112. The van der Waals surface area contributed by atoms with E-state index >= 15 is 0 Å². The molecule has 0 N–H and O–H groups in total. The molecule has 14 heavy (non-hydrogen) atoms. The van der Waals surface area contributed by atoms with Gasteiger partial charge < -0.3 is 0 Å². The first-order valence-corrected chi connectivity index (χ1v) is 4.74. The normalized spacial score (nSPS) is 11.4. The van der Waals surface area contributed by atoms with E-state index in [1.165, 1.54) is 12.1 Å². The lowest BCUT2D eigenvalue weighted by Crippen LogP contribution is -2.19. The fourth-order valence-electron chi connectivity index (χ4n) is 1.35. The van der Waals surface area contributed by atoms with Crippen LogP contribution in [0.2, 0.25) is 0 Å². The molecule has 0 aliphatic carbocycles. The quantitative estimate of drug-likeness (QED) is 0.706. The van der Waals surface area contributed by atoms with E-state index in [0.717, 1.165) is 5.56 Å². The van der Waals surface area contributed by atoms with E-state index in [1.807, 2.05) is 13.8 Å². The third-order valence-electron chi connectivity index (χ3n) is 2.21. The Labute approximate surface area is 87.9 Å². The van der Waals surface area contributed by atoms with Crippen molar-refractivity contribution >= 4 is 16.8 Å².